The second-order valence-corrected chi connectivity index (χ2v) is 3.59. The maximum Gasteiger partial charge on any atom is 0.223 e. The highest BCUT2D eigenvalue weighted by atomic mass is 16.5. The summed E-state index contributed by atoms with van der Waals surface area (Å²) in [6, 6.07) is 0.568. The Labute approximate surface area is 83.4 Å². The van der Waals surface area contributed by atoms with E-state index in [-0.39, 0.29) is 0 Å². The van der Waals surface area contributed by atoms with Crippen molar-refractivity contribution in [1.82, 2.24) is 15.5 Å². The summed E-state index contributed by atoms with van der Waals surface area (Å²) in [4.78, 5) is 4.14. The highest BCUT2D eigenvalue weighted by molar-refractivity contribution is 4.94. The van der Waals surface area contributed by atoms with Crippen LogP contribution >= 0.6 is 0 Å². The van der Waals surface area contributed by atoms with Gasteiger partial charge in [0.1, 0.15) is 0 Å². The van der Waals surface area contributed by atoms with Crippen molar-refractivity contribution in [3.05, 3.63) is 23.9 Å². The minimum atomic E-state index is 0.568. The normalized spacial score (nSPS) is 21.4. The number of nitrogens with zero attached hydrogens (tertiary/aromatic N) is 2. The Kier molecular flexibility index (Phi) is 2.93. The average Bonchev–Trinajstić information content (AvgIpc) is 2.63. The van der Waals surface area contributed by atoms with Gasteiger partial charge in [0, 0.05) is 13.0 Å². The average molecular weight is 193 g/mol. The van der Waals surface area contributed by atoms with Crippen molar-refractivity contribution < 1.29 is 4.52 Å². The number of rotatable bonds is 3. The molecule has 1 aromatic rings. The summed E-state index contributed by atoms with van der Waals surface area (Å²) < 4.78 is 4.89. The van der Waals surface area contributed by atoms with Crippen molar-refractivity contribution in [1.29, 1.82) is 0 Å². The van der Waals surface area contributed by atoms with Crippen molar-refractivity contribution in [3.8, 4) is 0 Å². The van der Waals surface area contributed by atoms with Crippen molar-refractivity contribution in [3.63, 3.8) is 0 Å². The minimum Gasteiger partial charge on any atom is -0.340 e. The standard InChI is InChI=1S/C10H15N3O/c1-8-12-10(13-14-8)7-11-9-5-3-2-4-6-9/h2-3,9,11H,4-7H2,1H3. The Morgan fingerprint density at radius 3 is 3.14 bits per heavy atom. The maximum atomic E-state index is 4.89. The molecule has 1 atom stereocenters. The SMILES string of the molecule is Cc1nc(CNC2CC=CCC2)no1. The van der Waals surface area contributed by atoms with Gasteiger partial charge in [0.15, 0.2) is 5.82 Å². The van der Waals surface area contributed by atoms with Crippen LogP contribution in [0, 0.1) is 6.92 Å². The zero-order valence-electron chi connectivity index (χ0n) is 8.36. The third kappa shape index (κ3) is 2.42. The molecule has 0 aromatic carbocycles. The lowest BCUT2D eigenvalue weighted by molar-refractivity contribution is 0.381. The summed E-state index contributed by atoms with van der Waals surface area (Å²) in [5.41, 5.74) is 0. The fourth-order valence-corrected chi connectivity index (χ4v) is 1.63. The van der Waals surface area contributed by atoms with Gasteiger partial charge in [-0.25, -0.2) is 0 Å². The largest absolute Gasteiger partial charge is 0.340 e. The van der Waals surface area contributed by atoms with E-state index in [4.69, 9.17) is 4.52 Å². The number of allylic oxidation sites excluding steroid dienone is 1. The Hall–Kier alpha value is -1.16. The van der Waals surface area contributed by atoms with E-state index in [2.05, 4.69) is 27.6 Å². The number of hydrogen-bond acceptors (Lipinski definition) is 4. The van der Waals surface area contributed by atoms with E-state index in [0.717, 1.165) is 12.2 Å². The predicted molar refractivity (Wildman–Crippen MR) is 52.7 cm³/mol. The van der Waals surface area contributed by atoms with Gasteiger partial charge in [-0.1, -0.05) is 17.3 Å². The Balaban J connectivity index is 1.79. The highest BCUT2D eigenvalue weighted by Gasteiger charge is 2.10. The molecule has 0 saturated heterocycles. The van der Waals surface area contributed by atoms with Gasteiger partial charge in [-0.15, -0.1) is 0 Å². The molecule has 0 radical (unpaired) electrons. The molecule has 1 aliphatic rings. The summed E-state index contributed by atoms with van der Waals surface area (Å²) in [7, 11) is 0. The molecular formula is C10H15N3O. The van der Waals surface area contributed by atoms with E-state index < -0.39 is 0 Å². The van der Waals surface area contributed by atoms with Crippen LogP contribution in [0.1, 0.15) is 31.0 Å². The van der Waals surface area contributed by atoms with Crippen LogP contribution < -0.4 is 5.32 Å². The zero-order valence-corrected chi connectivity index (χ0v) is 8.36. The van der Waals surface area contributed by atoms with Gasteiger partial charge in [-0.3, -0.25) is 0 Å². The van der Waals surface area contributed by atoms with Crippen molar-refractivity contribution in [2.75, 3.05) is 0 Å². The van der Waals surface area contributed by atoms with E-state index in [9.17, 15) is 0 Å². The van der Waals surface area contributed by atoms with Crippen molar-refractivity contribution >= 4 is 0 Å². The number of aromatic nitrogens is 2. The summed E-state index contributed by atoms with van der Waals surface area (Å²) in [6.45, 7) is 2.51. The van der Waals surface area contributed by atoms with E-state index in [0.29, 0.717) is 18.5 Å². The Morgan fingerprint density at radius 1 is 1.57 bits per heavy atom. The molecule has 0 spiro atoms. The summed E-state index contributed by atoms with van der Waals surface area (Å²) in [6.07, 6.45) is 7.94. The van der Waals surface area contributed by atoms with E-state index in [1.165, 1.54) is 12.8 Å². The fraction of sp³-hybridized carbons (Fsp3) is 0.600. The molecule has 14 heavy (non-hydrogen) atoms. The van der Waals surface area contributed by atoms with Crippen molar-refractivity contribution in [2.24, 2.45) is 0 Å². The molecule has 0 aliphatic heterocycles. The second kappa shape index (κ2) is 4.37. The van der Waals surface area contributed by atoms with Gasteiger partial charge in [0.25, 0.3) is 0 Å². The molecule has 0 bridgehead atoms. The fourth-order valence-electron chi connectivity index (χ4n) is 1.63. The monoisotopic (exact) mass is 193 g/mol. The van der Waals surface area contributed by atoms with Gasteiger partial charge in [0.2, 0.25) is 5.89 Å². The first-order valence-electron chi connectivity index (χ1n) is 5.02. The lowest BCUT2D eigenvalue weighted by atomic mass is 10.0. The van der Waals surface area contributed by atoms with Gasteiger partial charge < -0.3 is 9.84 Å². The van der Waals surface area contributed by atoms with Crippen LogP contribution in [-0.2, 0) is 6.54 Å². The van der Waals surface area contributed by atoms with Crippen LogP contribution in [0.5, 0.6) is 0 Å². The van der Waals surface area contributed by atoms with E-state index >= 15 is 0 Å². The first kappa shape index (κ1) is 9.40. The lowest BCUT2D eigenvalue weighted by Gasteiger charge is -2.17. The summed E-state index contributed by atoms with van der Waals surface area (Å²) in [5, 5.41) is 7.25. The van der Waals surface area contributed by atoms with Gasteiger partial charge >= 0.3 is 0 Å². The molecule has 0 amide bonds. The zero-order chi connectivity index (χ0) is 9.80. The topological polar surface area (TPSA) is 51.0 Å². The molecule has 2 rings (SSSR count). The van der Waals surface area contributed by atoms with Crippen LogP contribution in [0.25, 0.3) is 0 Å². The van der Waals surface area contributed by atoms with Crippen molar-refractivity contribution in [2.45, 2.75) is 38.8 Å². The van der Waals surface area contributed by atoms with Crippen LogP contribution in [0.4, 0.5) is 0 Å². The molecule has 4 heteroatoms. The lowest BCUT2D eigenvalue weighted by Crippen LogP contribution is -2.29. The number of nitrogens with one attached hydrogen (secondary N) is 1. The maximum absolute atomic E-state index is 4.89. The number of aryl methyl sites for hydroxylation is 1. The summed E-state index contributed by atoms with van der Waals surface area (Å²) in [5.74, 6) is 1.38. The first-order valence-corrected chi connectivity index (χ1v) is 5.02. The quantitative estimate of drug-likeness (QED) is 0.740. The Bertz CT molecular complexity index is 319. The summed E-state index contributed by atoms with van der Waals surface area (Å²) >= 11 is 0. The Morgan fingerprint density at radius 2 is 2.50 bits per heavy atom. The van der Waals surface area contributed by atoms with Crippen LogP contribution in [-0.4, -0.2) is 16.2 Å². The molecule has 1 aliphatic carbocycles. The van der Waals surface area contributed by atoms with Gasteiger partial charge in [-0.05, 0) is 19.3 Å². The van der Waals surface area contributed by atoms with Gasteiger partial charge in [-0.2, -0.15) is 4.98 Å². The molecule has 1 aromatic heterocycles. The third-order valence-electron chi connectivity index (χ3n) is 2.39. The van der Waals surface area contributed by atoms with Crippen LogP contribution in [0.2, 0.25) is 0 Å². The smallest absolute Gasteiger partial charge is 0.223 e. The predicted octanol–water partition coefficient (Wildman–Crippen LogP) is 1.58. The molecule has 0 fully saturated rings. The van der Waals surface area contributed by atoms with Crippen LogP contribution in [0.3, 0.4) is 0 Å². The van der Waals surface area contributed by atoms with Gasteiger partial charge in [0.05, 0.1) is 6.54 Å². The molecule has 0 saturated carbocycles. The molecule has 1 unspecified atom stereocenters. The van der Waals surface area contributed by atoms with E-state index in [1.54, 1.807) is 6.92 Å². The highest BCUT2D eigenvalue weighted by Crippen LogP contribution is 2.10. The number of hydrogen-bond donors (Lipinski definition) is 1. The molecule has 1 heterocycles. The molecule has 1 N–H and O–H groups in total. The minimum absolute atomic E-state index is 0.568. The first-order chi connectivity index (χ1) is 6.84. The van der Waals surface area contributed by atoms with Crippen LogP contribution in [0.15, 0.2) is 16.7 Å². The molecule has 76 valence electrons. The van der Waals surface area contributed by atoms with E-state index in [1.807, 2.05) is 0 Å². The molecular weight excluding hydrogens is 178 g/mol. The molecule has 4 nitrogen and oxygen atoms in total. The third-order valence-corrected chi connectivity index (χ3v) is 2.39. The second-order valence-electron chi connectivity index (χ2n) is 3.59.